The quantitative estimate of drug-likeness (QED) is 0.804. The Labute approximate surface area is 91.1 Å². The minimum absolute atomic E-state index is 0.343. The first kappa shape index (κ1) is 13.5. The highest BCUT2D eigenvalue weighted by Gasteiger charge is 2.05. The predicted molar refractivity (Wildman–Crippen MR) is 63.7 cm³/mol. The summed E-state index contributed by atoms with van der Waals surface area (Å²) in [6.07, 6.45) is 0.831. The van der Waals surface area contributed by atoms with Crippen molar-refractivity contribution in [2.45, 2.75) is 27.2 Å². The Morgan fingerprint density at radius 3 is 2.40 bits per heavy atom. The highest BCUT2D eigenvalue weighted by atomic mass is 16.4. The van der Waals surface area contributed by atoms with Crippen molar-refractivity contribution >= 4 is 11.7 Å². The summed E-state index contributed by atoms with van der Waals surface area (Å²) < 4.78 is 0. The van der Waals surface area contributed by atoms with Gasteiger partial charge in [0.2, 0.25) is 0 Å². The average molecular weight is 209 g/mol. The van der Waals surface area contributed by atoms with Crippen molar-refractivity contribution in [1.29, 1.82) is 0 Å². The molecule has 3 heteroatoms. The van der Waals surface area contributed by atoms with Crippen molar-refractivity contribution in [1.82, 2.24) is 0 Å². The molecule has 1 aromatic carbocycles. The Balaban J connectivity index is 0.000000921. The van der Waals surface area contributed by atoms with E-state index in [0.717, 1.165) is 17.7 Å². The Bertz CT molecular complexity index is 321. The number of rotatable bonds is 3. The van der Waals surface area contributed by atoms with Gasteiger partial charge >= 0.3 is 5.97 Å². The number of carboxylic acid groups (broad SMARTS) is 1. The van der Waals surface area contributed by atoms with Crippen LogP contribution in [0.15, 0.2) is 18.2 Å². The Kier molecular flexibility index (Phi) is 6.18. The van der Waals surface area contributed by atoms with Crippen molar-refractivity contribution in [3.8, 4) is 0 Å². The van der Waals surface area contributed by atoms with Gasteiger partial charge < -0.3 is 10.4 Å². The van der Waals surface area contributed by atoms with Crippen LogP contribution in [0.2, 0.25) is 0 Å². The van der Waals surface area contributed by atoms with Crippen LogP contribution in [0.3, 0.4) is 0 Å². The first-order valence-electron chi connectivity index (χ1n) is 5.23. The lowest BCUT2D eigenvalue weighted by Gasteiger charge is -2.07. The van der Waals surface area contributed by atoms with Crippen molar-refractivity contribution in [2.75, 3.05) is 12.4 Å². The summed E-state index contributed by atoms with van der Waals surface area (Å²) in [5.74, 6) is -0.877. The molecule has 2 N–H and O–H groups in total. The van der Waals surface area contributed by atoms with Gasteiger partial charge in [-0.05, 0) is 30.2 Å². The highest BCUT2D eigenvalue weighted by Crippen LogP contribution is 2.17. The van der Waals surface area contributed by atoms with Crippen molar-refractivity contribution in [3.63, 3.8) is 0 Å². The zero-order chi connectivity index (χ0) is 11.8. The summed E-state index contributed by atoms with van der Waals surface area (Å²) in [5.41, 5.74) is 2.37. The largest absolute Gasteiger partial charge is 0.478 e. The lowest BCUT2D eigenvalue weighted by atomic mass is 10.1. The van der Waals surface area contributed by atoms with Crippen LogP contribution in [0.5, 0.6) is 0 Å². The lowest BCUT2D eigenvalue weighted by Crippen LogP contribution is -2.00. The van der Waals surface area contributed by atoms with Gasteiger partial charge in [0.05, 0.1) is 5.56 Å². The monoisotopic (exact) mass is 209 g/mol. The SMILES string of the molecule is CC.CCc1cc(C(=O)O)ccc1NC. The molecule has 84 valence electrons. The van der Waals surface area contributed by atoms with Crippen molar-refractivity contribution < 1.29 is 9.90 Å². The number of carbonyl (C=O) groups is 1. The Hall–Kier alpha value is -1.51. The molecule has 0 aromatic heterocycles. The van der Waals surface area contributed by atoms with E-state index in [1.807, 2.05) is 27.8 Å². The molecule has 0 saturated carbocycles. The fraction of sp³-hybridized carbons (Fsp3) is 0.417. The van der Waals surface area contributed by atoms with Crippen LogP contribution in [-0.2, 0) is 6.42 Å². The van der Waals surface area contributed by atoms with E-state index in [-0.39, 0.29) is 0 Å². The molecule has 0 radical (unpaired) electrons. The normalized spacial score (nSPS) is 8.80. The van der Waals surface area contributed by atoms with Gasteiger partial charge in [-0.2, -0.15) is 0 Å². The zero-order valence-corrected chi connectivity index (χ0v) is 9.79. The van der Waals surface area contributed by atoms with E-state index in [9.17, 15) is 4.79 Å². The van der Waals surface area contributed by atoms with E-state index >= 15 is 0 Å². The van der Waals surface area contributed by atoms with E-state index in [0.29, 0.717) is 5.56 Å². The van der Waals surface area contributed by atoms with Crippen LogP contribution < -0.4 is 5.32 Å². The van der Waals surface area contributed by atoms with Gasteiger partial charge in [-0.3, -0.25) is 0 Å². The fourth-order valence-corrected chi connectivity index (χ4v) is 1.26. The molecular weight excluding hydrogens is 190 g/mol. The van der Waals surface area contributed by atoms with Crippen molar-refractivity contribution in [2.24, 2.45) is 0 Å². The smallest absolute Gasteiger partial charge is 0.335 e. The summed E-state index contributed by atoms with van der Waals surface area (Å²) in [7, 11) is 1.83. The number of anilines is 1. The summed E-state index contributed by atoms with van der Waals surface area (Å²) in [5, 5.41) is 11.8. The number of hydrogen-bond acceptors (Lipinski definition) is 2. The van der Waals surface area contributed by atoms with Gasteiger partial charge in [0, 0.05) is 12.7 Å². The van der Waals surface area contributed by atoms with Gasteiger partial charge in [0.15, 0.2) is 0 Å². The standard InChI is InChI=1S/C10H13NO2.C2H6/c1-3-7-6-8(10(12)13)4-5-9(7)11-2;1-2/h4-6,11H,3H2,1-2H3,(H,12,13);1-2H3. The second-order valence-electron chi connectivity index (χ2n) is 2.78. The van der Waals surface area contributed by atoms with E-state index in [4.69, 9.17) is 5.11 Å². The Morgan fingerprint density at radius 1 is 1.40 bits per heavy atom. The topological polar surface area (TPSA) is 49.3 Å². The molecule has 0 aliphatic carbocycles. The van der Waals surface area contributed by atoms with Crippen LogP contribution >= 0.6 is 0 Å². The first-order valence-corrected chi connectivity index (χ1v) is 5.23. The average Bonchev–Trinajstić information content (AvgIpc) is 2.30. The maximum absolute atomic E-state index is 10.6. The molecular formula is C12H19NO2. The van der Waals surface area contributed by atoms with Gasteiger partial charge in [-0.1, -0.05) is 20.8 Å². The van der Waals surface area contributed by atoms with E-state index in [2.05, 4.69) is 5.32 Å². The molecule has 0 aliphatic heterocycles. The maximum atomic E-state index is 10.6. The molecule has 15 heavy (non-hydrogen) atoms. The van der Waals surface area contributed by atoms with E-state index in [1.165, 1.54) is 0 Å². The van der Waals surface area contributed by atoms with E-state index < -0.39 is 5.97 Å². The third-order valence-corrected chi connectivity index (χ3v) is 2.00. The van der Waals surface area contributed by atoms with Crippen LogP contribution in [0, 0.1) is 0 Å². The molecule has 0 aliphatic rings. The first-order chi connectivity index (χ1) is 7.19. The molecule has 0 fully saturated rings. The molecule has 0 atom stereocenters. The number of benzene rings is 1. The summed E-state index contributed by atoms with van der Waals surface area (Å²) in [6, 6.07) is 5.10. The highest BCUT2D eigenvalue weighted by molar-refractivity contribution is 5.88. The van der Waals surface area contributed by atoms with Gasteiger partial charge in [-0.15, -0.1) is 0 Å². The van der Waals surface area contributed by atoms with Gasteiger partial charge in [0.1, 0.15) is 0 Å². The van der Waals surface area contributed by atoms with Crippen LogP contribution in [0.25, 0.3) is 0 Å². The second-order valence-corrected chi connectivity index (χ2v) is 2.78. The molecule has 1 rings (SSSR count). The summed E-state index contributed by atoms with van der Waals surface area (Å²) in [4.78, 5) is 10.6. The number of carboxylic acids is 1. The zero-order valence-electron chi connectivity index (χ0n) is 9.79. The minimum atomic E-state index is -0.877. The van der Waals surface area contributed by atoms with E-state index in [1.54, 1.807) is 18.2 Å². The second kappa shape index (κ2) is 6.87. The fourth-order valence-electron chi connectivity index (χ4n) is 1.26. The van der Waals surface area contributed by atoms with Crippen molar-refractivity contribution in [3.05, 3.63) is 29.3 Å². The van der Waals surface area contributed by atoms with Crippen LogP contribution in [0.4, 0.5) is 5.69 Å². The lowest BCUT2D eigenvalue weighted by molar-refractivity contribution is 0.0697. The molecule has 0 spiro atoms. The van der Waals surface area contributed by atoms with Gasteiger partial charge in [0.25, 0.3) is 0 Å². The molecule has 0 unspecified atom stereocenters. The van der Waals surface area contributed by atoms with Gasteiger partial charge in [-0.25, -0.2) is 4.79 Å². The number of hydrogen-bond donors (Lipinski definition) is 2. The molecule has 0 saturated heterocycles. The maximum Gasteiger partial charge on any atom is 0.335 e. The number of aromatic carboxylic acids is 1. The molecule has 0 heterocycles. The van der Waals surface area contributed by atoms with Crippen LogP contribution in [-0.4, -0.2) is 18.1 Å². The predicted octanol–water partition coefficient (Wildman–Crippen LogP) is 3.02. The molecule has 3 nitrogen and oxygen atoms in total. The summed E-state index contributed by atoms with van der Waals surface area (Å²) >= 11 is 0. The molecule has 0 bridgehead atoms. The Morgan fingerprint density at radius 2 is 2.00 bits per heavy atom. The minimum Gasteiger partial charge on any atom is -0.478 e. The number of nitrogens with one attached hydrogen (secondary N) is 1. The molecule has 0 amide bonds. The summed E-state index contributed by atoms with van der Waals surface area (Å²) in [6.45, 7) is 6.00. The third kappa shape index (κ3) is 3.62. The third-order valence-electron chi connectivity index (χ3n) is 2.00. The van der Waals surface area contributed by atoms with Crippen LogP contribution in [0.1, 0.15) is 36.7 Å². The number of aryl methyl sites for hydroxylation is 1. The molecule has 1 aromatic rings.